The molecule has 118 valence electrons. The van der Waals surface area contributed by atoms with E-state index in [9.17, 15) is 9.59 Å². The van der Waals surface area contributed by atoms with Crippen molar-refractivity contribution in [3.05, 3.63) is 23.8 Å². The van der Waals surface area contributed by atoms with Gasteiger partial charge in [0.2, 0.25) is 0 Å². The molecule has 3 fully saturated rings. The summed E-state index contributed by atoms with van der Waals surface area (Å²) >= 11 is 0. The van der Waals surface area contributed by atoms with E-state index in [2.05, 4.69) is 26.8 Å². The Labute approximate surface area is 133 Å². The van der Waals surface area contributed by atoms with E-state index < -0.39 is 0 Å². The normalized spacial score (nSPS) is 50.2. The van der Waals surface area contributed by atoms with Gasteiger partial charge in [0.05, 0.1) is 0 Å². The van der Waals surface area contributed by atoms with Crippen LogP contribution in [0.5, 0.6) is 0 Å². The lowest BCUT2D eigenvalue weighted by atomic mass is 9.46. The second-order valence-electron chi connectivity index (χ2n) is 8.58. The van der Waals surface area contributed by atoms with Crippen LogP contribution in [-0.4, -0.2) is 11.6 Å². The fourth-order valence-corrected chi connectivity index (χ4v) is 6.32. The molecule has 3 saturated carbocycles. The molecule has 4 rings (SSSR count). The highest BCUT2D eigenvalue weighted by molar-refractivity contribution is 6.01. The minimum Gasteiger partial charge on any atom is -0.299 e. The monoisotopic (exact) mass is 298 g/mol. The van der Waals surface area contributed by atoms with E-state index in [0.717, 1.165) is 32.1 Å². The van der Waals surface area contributed by atoms with Crippen LogP contribution in [0, 0.1) is 34.5 Å². The fourth-order valence-electron chi connectivity index (χ4n) is 6.32. The molecule has 0 N–H and O–H groups in total. The molecule has 0 aromatic rings. The van der Waals surface area contributed by atoms with E-state index in [4.69, 9.17) is 0 Å². The van der Waals surface area contributed by atoms with E-state index in [-0.39, 0.29) is 16.6 Å². The van der Waals surface area contributed by atoms with Gasteiger partial charge in [0, 0.05) is 17.3 Å². The third-order valence-electron chi connectivity index (χ3n) is 7.61. The van der Waals surface area contributed by atoms with Crippen molar-refractivity contribution in [2.45, 2.75) is 52.9 Å². The van der Waals surface area contributed by atoms with Gasteiger partial charge in [-0.05, 0) is 61.5 Å². The number of rotatable bonds is 0. The molecule has 0 spiro atoms. The lowest BCUT2D eigenvalue weighted by Gasteiger charge is -2.57. The van der Waals surface area contributed by atoms with Crippen molar-refractivity contribution in [2.24, 2.45) is 34.5 Å². The van der Waals surface area contributed by atoms with Crippen molar-refractivity contribution in [1.29, 1.82) is 0 Å². The van der Waals surface area contributed by atoms with Crippen LogP contribution in [0.1, 0.15) is 52.9 Å². The summed E-state index contributed by atoms with van der Waals surface area (Å²) in [6, 6.07) is 0. The maximum atomic E-state index is 12.4. The molecule has 0 aliphatic heterocycles. The molecule has 4 aliphatic rings. The molecular weight excluding hydrogens is 272 g/mol. The zero-order valence-electron chi connectivity index (χ0n) is 13.9. The molecule has 2 heteroatoms. The summed E-state index contributed by atoms with van der Waals surface area (Å²) in [5.74, 6) is 3.01. The molecule has 0 heterocycles. The highest BCUT2D eigenvalue weighted by Crippen LogP contribution is 2.64. The summed E-state index contributed by atoms with van der Waals surface area (Å²) in [5.41, 5.74) is 1.31. The Bertz CT molecular complexity index is 613. The Hall–Kier alpha value is -1.18. The van der Waals surface area contributed by atoms with Crippen LogP contribution in [0.3, 0.4) is 0 Å². The van der Waals surface area contributed by atoms with E-state index in [1.165, 1.54) is 5.57 Å². The number of hydrogen-bond acceptors (Lipinski definition) is 2. The summed E-state index contributed by atoms with van der Waals surface area (Å²) in [4.78, 5) is 24.2. The number of allylic oxidation sites excluding steroid dienone is 4. The SMILES string of the molecule is C[C@@H]1CC2=CC(=O)C=C[C@]2(C)[C@H]2CC[C@]3(C)C(=O)CC[C@H]3[C@H]12. The van der Waals surface area contributed by atoms with Gasteiger partial charge in [0.1, 0.15) is 5.78 Å². The number of ketones is 2. The topological polar surface area (TPSA) is 34.1 Å². The predicted octanol–water partition coefficient (Wildman–Crippen LogP) is 4.11. The molecule has 0 bridgehead atoms. The first-order valence-electron chi connectivity index (χ1n) is 8.84. The van der Waals surface area contributed by atoms with Gasteiger partial charge in [-0.1, -0.05) is 32.4 Å². The van der Waals surface area contributed by atoms with Gasteiger partial charge in [0.25, 0.3) is 0 Å². The van der Waals surface area contributed by atoms with Crippen LogP contribution in [-0.2, 0) is 9.59 Å². The van der Waals surface area contributed by atoms with Gasteiger partial charge in [-0.2, -0.15) is 0 Å². The lowest BCUT2D eigenvalue weighted by molar-refractivity contribution is -0.133. The van der Waals surface area contributed by atoms with Gasteiger partial charge in [-0.15, -0.1) is 0 Å². The van der Waals surface area contributed by atoms with Crippen molar-refractivity contribution in [2.75, 3.05) is 0 Å². The third kappa shape index (κ3) is 1.67. The second kappa shape index (κ2) is 4.43. The second-order valence-corrected chi connectivity index (χ2v) is 8.58. The van der Waals surface area contributed by atoms with Crippen LogP contribution in [0.25, 0.3) is 0 Å². The minimum atomic E-state index is -0.0682. The Kier molecular flexibility index (Phi) is 2.90. The Morgan fingerprint density at radius 2 is 1.91 bits per heavy atom. The van der Waals surface area contributed by atoms with Gasteiger partial charge in [0.15, 0.2) is 5.78 Å². The van der Waals surface area contributed by atoms with Crippen LogP contribution in [0.15, 0.2) is 23.8 Å². The Morgan fingerprint density at radius 3 is 2.68 bits per heavy atom. The van der Waals surface area contributed by atoms with Crippen LogP contribution in [0.4, 0.5) is 0 Å². The number of carbonyl (C=O) groups excluding carboxylic acids is 2. The zero-order valence-corrected chi connectivity index (χ0v) is 13.9. The van der Waals surface area contributed by atoms with Gasteiger partial charge in [-0.25, -0.2) is 0 Å². The highest BCUT2D eigenvalue weighted by Gasteiger charge is 2.60. The smallest absolute Gasteiger partial charge is 0.178 e. The van der Waals surface area contributed by atoms with E-state index in [0.29, 0.717) is 29.5 Å². The molecule has 0 aromatic carbocycles. The van der Waals surface area contributed by atoms with Crippen molar-refractivity contribution in [1.82, 2.24) is 0 Å². The molecule has 4 aliphatic carbocycles. The summed E-state index contributed by atoms with van der Waals surface area (Å²) in [7, 11) is 0. The average molecular weight is 298 g/mol. The fraction of sp³-hybridized carbons (Fsp3) is 0.700. The molecule has 22 heavy (non-hydrogen) atoms. The third-order valence-corrected chi connectivity index (χ3v) is 7.61. The van der Waals surface area contributed by atoms with E-state index in [1.54, 1.807) is 6.08 Å². The highest BCUT2D eigenvalue weighted by atomic mass is 16.1. The van der Waals surface area contributed by atoms with E-state index >= 15 is 0 Å². The first kappa shape index (κ1) is 14.4. The molecule has 2 nitrogen and oxygen atoms in total. The minimum absolute atomic E-state index is 0.0397. The summed E-state index contributed by atoms with van der Waals surface area (Å²) in [6.45, 7) is 6.89. The molecule has 0 radical (unpaired) electrons. The quantitative estimate of drug-likeness (QED) is 0.674. The van der Waals surface area contributed by atoms with Gasteiger partial charge >= 0.3 is 0 Å². The van der Waals surface area contributed by atoms with E-state index in [1.807, 2.05) is 6.08 Å². The summed E-state index contributed by atoms with van der Waals surface area (Å²) in [6.07, 6.45) is 10.9. The maximum Gasteiger partial charge on any atom is 0.178 e. The Morgan fingerprint density at radius 1 is 1.14 bits per heavy atom. The number of carbonyl (C=O) groups is 2. The molecule has 0 aromatic heterocycles. The summed E-state index contributed by atoms with van der Waals surface area (Å²) < 4.78 is 0. The van der Waals surface area contributed by atoms with Crippen LogP contribution < -0.4 is 0 Å². The summed E-state index contributed by atoms with van der Waals surface area (Å²) in [5, 5.41) is 0. The zero-order chi connectivity index (χ0) is 15.7. The molecule has 0 unspecified atom stereocenters. The van der Waals surface area contributed by atoms with Crippen LogP contribution in [0.2, 0.25) is 0 Å². The maximum absolute atomic E-state index is 12.4. The first-order valence-corrected chi connectivity index (χ1v) is 8.84. The number of hydrogen-bond donors (Lipinski definition) is 0. The molecule has 6 atom stereocenters. The Balaban J connectivity index is 1.77. The predicted molar refractivity (Wildman–Crippen MR) is 86.2 cm³/mol. The number of fused-ring (bicyclic) bond motifs is 5. The van der Waals surface area contributed by atoms with Crippen molar-refractivity contribution in [3.8, 4) is 0 Å². The largest absolute Gasteiger partial charge is 0.299 e. The average Bonchev–Trinajstić information content (AvgIpc) is 2.77. The van der Waals surface area contributed by atoms with Crippen LogP contribution >= 0.6 is 0 Å². The molecule has 0 saturated heterocycles. The first-order chi connectivity index (χ1) is 10.4. The van der Waals surface area contributed by atoms with Crippen molar-refractivity contribution < 1.29 is 9.59 Å². The molecular formula is C20H26O2. The van der Waals surface area contributed by atoms with Crippen molar-refractivity contribution >= 4 is 11.6 Å². The van der Waals surface area contributed by atoms with Crippen molar-refractivity contribution in [3.63, 3.8) is 0 Å². The van der Waals surface area contributed by atoms with Gasteiger partial charge in [-0.3, -0.25) is 9.59 Å². The molecule has 0 amide bonds. The lowest BCUT2D eigenvalue weighted by Crippen LogP contribution is -2.52. The standard InChI is InChI=1S/C20H26O2/c1-12-10-13-11-14(21)6-8-19(13,2)16-7-9-20(3)15(18(12)16)4-5-17(20)22/h6,8,11-12,15-16,18H,4-5,7,9-10H2,1-3H3/t12-,15+,16+,18+,19+,20+/m1/s1. The number of Topliss-reactive ketones (excluding diaryl/α,β-unsaturated/α-hetero) is 1. The van der Waals surface area contributed by atoms with Gasteiger partial charge < -0.3 is 0 Å².